The molecule has 1 fully saturated rings. The van der Waals surface area contributed by atoms with Gasteiger partial charge in [-0.15, -0.1) is 0 Å². The molecule has 1 aromatic heterocycles. The highest BCUT2D eigenvalue weighted by molar-refractivity contribution is 6.02. The Labute approximate surface area is 205 Å². The van der Waals surface area contributed by atoms with E-state index in [0.29, 0.717) is 48.9 Å². The number of fused-ring (bicyclic) bond motifs is 1. The van der Waals surface area contributed by atoms with Gasteiger partial charge in [0.05, 0.1) is 0 Å². The number of amidine groups is 1. The number of aromatic nitrogens is 1. The molecule has 1 saturated carbocycles. The van der Waals surface area contributed by atoms with E-state index in [-0.39, 0.29) is 17.6 Å². The Bertz CT molecular complexity index is 1210. The van der Waals surface area contributed by atoms with Gasteiger partial charge >= 0.3 is 0 Å². The molecule has 0 aliphatic heterocycles. The average Bonchev–Trinajstić information content (AvgIpc) is 3.24. The van der Waals surface area contributed by atoms with E-state index in [2.05, 4.69) is 10.6 Å². The second-order valence-corrected chi connectivity index (χ2v) is 9.26. The quantitative estimate of drug-likeness (QED) is 0.240. The van der Waals surface area contributed by atoms with Crippen LogP contribution < -0.4 is 22.1 Å². The van der Waals surface area contributed by atoms with Gasteiger partial charge in [-0.3, -0.25) is 15.0 Å². The number of benzene rings is 2. The summed E-state index contributed by atoms with van der Waals surface area (Å²) in [6.07, 6.45) is 6.07. The minimum absolute atomic E-state index is 0.0178. The van der Waals surface area contributed by atoms with E-state index < -0.39 is 0 Å². The highest BCUT2D eigenvalue weighted by Crippen LogP contribution is 2.25. The fourth-order valence-corrected chi connectivity index (χ4v) is 4.73. The van der Waals surface area contributed by atoms with Crippen LogP contribution in [-0.4, -0.2) is 41.9 Å². The first kappa shape index (κ1) is 24.5. The van der Waals surface area contributed by atoms with Crippen LogP contribution in [0.2, 0.25) is 0 Å². The van der Waals surface area contributed by atoms with Crippen molar-refractivity contribution in [2.24, 2.45) is 17.4 Å². The van der Waals surface area contributed by atoms with Gasteiger partial charge in [0.1, 0.15) is 11.5 Å². The lowest BCUT2D eigenvalue weighted by atomic mass is 9.89. The standard InChI is InChI=1S/C27H34N6O2/c28-12-13-31-26(34)20-8-6-19(7-9-20)17-33-23-15-22(25(29)30)11-10-21(23)14-24(33)27(35)32-16-18-4-2-1-3-5-18/h6-11,14-15,18H,1-5,12-13,16-17,28H2,(H3,29,30)(H,31,34)(H,32,35). The summed E-state index contributed by atoms with van der Waals surface area (Å²) in [6, 6.07) is 14.8. The molecule has 1 aliphatic carbocycles. The first-order valence-corrected chi connectivity index (χ1v) is 12.3. The van der Waals surface area contributed by atoms with Crippen molar-refractivity contribution < 1.29 is 9.59 Å². The molecule has 3 aromatic rings. The molecular formula is C27H34N6O2. The summed E-state index contributed by atoms with van der Waals surface area (Å²) in [5.41, 5.74) is 14.7. The zero-order valence-electron chi connectivity index (χ0n) is 20.0. The molecule has 0 unspecified atom stereocenters. The first-order chi connectivity index (χ1) is 17.0. The molecule has 8 heteroatoms. The van der Waals surface area contributed by atoms with Crippen molar-refractivity contribution in [3.63, 3.8) is 0 Å². The molecule has 2 amide bonds. The van der Waals surface area contributed by atoms with Crippen LogP contribution in [0.3, 0.4) is 0 Å². The van der Waals surface area contributed by atoms with E-state index in [0.717, 1.165) is 29.3 Å². The van der Waals surface area contributed by atoms with Gasteiger partial charge < -0.3 is 26.7 Å². The minimum atomic E-state index is -0.165. The Morgan fingerprint density at radius 1 is 0.943 bits per heavy atom. The van der Waals surface area contributed by atoms with E-state index >= 15 is 0 Å². The van der Waals surface area contributed by atoms with Crippen molar-refractivity contribution in [2.75, 3.05) is 19.6 Å². The summed E-state index contributed by atoms with van der Waals surface area (Å²) >= 11 is 0. The fraction of sp³-hybridized carbons (Fsp3) is 0.370. The zero-order chi connectivity index (χ0) is 24.8. The Hall–Kier alpha value is -3.65. The Morgan fingerprint density at radius 3 is 2.34 bits per heavy atom. The molecule has 0 radical (unpaired) electrons. The smallest absolute Gasteiger partial charge is 0.267 e. The topological polar surface area (TPSA) is 139 Å². The number of carbonyl (C=O) groups is 2. The molecule has 0 atom stereocenters. The monoisotopic (exact) mass is 474 g/mol. The number of carbonyl (C=O) groups excluding carboxylic acids is 2. The molecule has 35 heavy (non-hydrogen) atoms. The van der Waals surface area contributed by atoms with Crippen LogP contribution >= 0.6 is 0 Å². The summed E-state index contributed by atoms with van der Waals surface area (Å²) in [4.78, 5) is 25.5. The van der Waals surface area contributed by atoms with Gasteiger partial charge in [0.15, 0.2) is 0 Å². The molecule has 4 rings (SSSR count). The number of nitrogens with two attached hydrogens (primary N) is 2. The predicted molar refractivity (Wildman–Crippen MR) is 139 cm³/mol. The maximum atomic E-state index is 13.3. The lowest BCUT2D eigenvalue weighted by molar-refractivity contribution is 0.0932. The van der Waals surface area contributed by atoms with Crippen LogP contribution in [0.1, 0.15) is 64.1 Å². The second-order valence-electron chi connectivity index (χ2n) is 9.26. The van der Waals surface area contributed by atoms with Gasteiger partial charge in [0, 0.05) is 48.2 Å². The van der Waals surface area contributed by atoms with Gasteiger partial charge in [-0.2, -0.15) is 0 Å². The molecule has 1 aliphatic rings. The van der Waals surface area contributed by atoms with Crippen LogP contribution in [-0.2, 0) is 6.54 Å². The number of nitrogens with zero attached hydrogens (tertiary/aromatic N) is 1. The SMILES string of the molecule is N=C(N)c1ccc2cc(C(=O)NCC3CCCCC3)n(Cc3ccc(C(=O)NCCN)cc3)c2c1. The fourth-order valence-electron chi connectivity index (χ4n) is 4.73. The highest BCUT2D eigenvalue weighted by Gasteiger charge is 2.19. The lowest BCUT2D eigenvalue weighted by Gasteiger charge is -2.22. The third-order valence-electron chi connectivity index (χ3n) is 6.71. The van der Waals surface area contributed by atoms with E-state index in [9.17, 15) is 9.59 Å². The Morgan fingerprint density at radius 2 is 1.66 bits per heavy atom. The predicted octanol–water partition coefficient (Wildman–Crippen LogP) is 2.97. The normalized spacial score (nSPS) is 14.1. The van der Waals surface area contributed by atoms with E-state index in [1.807, 2.05) is 34.9 Å². The minimum Gasteiger partial charge on any atom is -0.384 e. The zero-order valence-corrected chi connectivity index (χ0v) is 20.0. The molecule has 2 aromatic carbocycles. The van der Waals surface area contributed by atoms with Gasteiger partial charge in [-0.25, -0.2) is 0 Å². The molecule has 0 saturated heterocycles. The van der Waals surface area contributed by atoms with Crippen molar-refractivity contribution in [2.45, 2.75) is 38.6 Å². The maximum Gasteiger partial charge on any atom is 0.267 e. The summed E-state index contributed by atoms with van der Waals surface area (Å²) in [5.74, 6) is 0.250. The molecule has 1 heterocycles. The van der Waals surface area contributed by atoms with E-state index in [4.69, 9.17) is 16.9 Å². The Balaban J connectivity index is 1.61. The van der Waals surface area contributed by atoms with Crippen LogP contribution in [0.15, 0.2) is 48.5 Å². The number of nitrogens with one attached hydrogen (secondary N) is 3. The van der Waals surface area contributed by atoms with Gasteiger partial charge in [-0.1, -0.05) is 43.5 Å². The second kappa shape index (κ2) is 11.2. The molecule has 0 bridgehead atoms. The van der Waals surface area contributed by atoms with Gasteiger partial charge in [0.25, 0.3) is 11.8 Å². The third kappa shape index (κ3) is 5.89. The number of amides is 2. The van der Waals surface area contributed by atoms with Crippen molar-refractivity contribution in [1.82, 2.24) is 15.2 Å². The largest absolute Gasteiger partial charge is 0.384 e. The maximum absolute atomic E-state index is 13.3. The average molecular weight is 475 g/mol. The van der Waals surface area contributed by atoms with Crippen LogP contribution in [0.4, 0.5) is 0 Å². The molecule has 7 N–H and O–H groups in total. The lowest BCUT2D eigenvalue weighted by Crippen LogP contribution is -2.31. The van der Waals surface area contributed by atoms with Crippen molar-refractivity contribution in [3.8, 4) is 0 Å². The van der Waals surface area contributed by atoms with Crippen molar-refractivity contribution >= 4 is 28.6 Å². The molecule has 184 valence electrons. The number of rotatable bonds is 9. The van der Waals surface area contributed by atoms with Crippen LogP contribution in [0, 0.1) is 11.3 Å². The van der Waals surface area contributed by atoms with Crippen LogP contribution in [0.5, 0.6) is 0 Å². The van der Waals surface area contributed by atoms with E-state index in [1.165, 1.54) is 19.3 Å². The van der Waals surface area contributed by atoms with Crippen molar-refractivity contribution in [3.05, 3.63) is 70.9 Å². The van der Waals surface area contributed by atoms with E-state index in [1.54, 1.807) is 18.2 Å². The number of nitrogen functional groups attached to an aromatic ring is 1. The number of hydrogen-bond acceptors (Lipinski definition) is 4. The number of hydrogen-bond donors (Lipinski definition) is 5. The molecule has 8 nitrogen and oxygen atoms in total. The summed E-state index contributed by atoms with van der Waals surface area (Å²) < 4.78 is 1.96. The van der Waals surface area contributed by atoms with Gasteiger partial charge in [0.2, 0.25) is 0 Å². The highest BCUT2D eigenvalue weighted by atomic mass is 16.2. The molecular weight excluding hydrogens is 440 g/mol. The summed E-state index contributed by atoms with van der Waals surface area (Å²) in [7, 11) is 0. The summed E-state index contributed by atoms with van der Waals surface area (Å²) in [5, 5.41) is 14.7. The Kier molecular flexibility index (Phi) is 7.82. The van der Waals surface area contributed by atoms with Crippen LogP contribution in [0.25, 0.3) is 10.9 Å². The summed E-state index contributed by atoms with van der Waals surface area (Å²) in [6.45, 7) is 1.94. The van der Waals surface area contributed by atoms with Gasteiger partial charge in [-0.05, 0) is 48.6 Å². The third-order valence-corrected chi connectivity index (χ3v) is 6.71. The molecule has 0 spiro atoms. The van der Waals surface area contributed by atoms with Crippen molar-refractivity contribution in [1.29, 1.82) is 5.41 Å². The first-order valence-electron chi connectivity index (χ1n) is 12.3.